The molecule has 4 bridgehead atoms. The van der Waals surface area contributed by atoms with Crippen LogP contribution in [-0.2, 0) is 19.1 Å². The number of nitro groups is 2. The minimum atomic E-state index is -0.602. The zero-order valence-electron chi connectivity index (χ0n) is 30.7. The van der Waals surface area contributed by atoms with E-state index in [1.807, 2.05) is 46.4 Å². The van der Waals surface area contributed by atoms with Gasteiger partial charge in [0.05, 0.1) is 16.2 Å². The van der Waals surface area contributed by atoms with Gasteiger partial charge in [0.1, 0.15) is 17.0 Å². The molecule has 4 saturated heterocycles. The molecule has 6 heterocycles. The summed E-state index contributed by atoms with van der Waals surface area (Å²) in [5, 5.41) is 20.8. The van der Waals surface area contributed by atoms with E-state index < -0.39 is 27.1 Å². The Morgan fingerprint density at radius 2 is 1.22 bits per heavy atom. The summed E-state index contributed by atoms with van der Waals surface area (Å²) in [4.78, 5) is 81.0. The molecule has 18 heteroatoms. The Hall–Kier alpha value is -4.74. The number of anilines is 1. The van der Waals surface area contributed by atoms with Gasteiger partial charge in [-0.3, -0.25) is 14.5 Å². The highest BCUT2D eigenvalue weighted by Crippen LogP contribution is 2.35. The molecule has 0 radical (unpaired) electrons. The predicted octanol–water partition coefficient (Wildman–Crippen LogP) is 7.39. The number of carbonyl (C=O) groups excluding carboxylic acids is 4. The molecule has 4 atom stereocenters. The van der Waals surface area contributed by atoms with Crippen molar-refractivity contribution in [2.45, 2.75) is 136 Å². The van der Waals surface area contributed by atoms with E-state index in [9.17, 15) is 39.4 Å². The highest BCUT2D eigenvalue weighted by molar-refractivity contribution is 9.10. The molecular formula is C36H50BrN7O10. The molecule has 4 aliphatic heterocycles. The number of rotatable bonds is 3. The first kappa shape index (κ1) is 43.7. The molecule has 17 nitrogen and oxygen atoms in total. The normalized spacial score (nSPS) is 21.9. The first-order valence-corrected chi connectivity index (χ1v) is 18.2. The largest absolute Gasteiger partial charge is 0.444 e. The molecule has 0 aromatic carbocycles. The summed E-state index contributed by atoms with van der Waals surface area (Å²) in [5.41, 5.74) is -0.570. The second kappa shape index (κ2) is 18.1. The molecule has 0 aliphatic carbocycles. The molecule has 54 heavy (non-hydrogen) atoms. The Bertz CT molecular complexity index is 1680. The van der Waals surface area contributed by atoms with Crippen molar-refractivity contribution < 1.29 is 38.5 Å². The quantitative estimate of drug-likeness (QED) is 0.219. The molecule has 2 aromatic rings. The molecular weight excluding hydrogens is 770 g/mol. The number of ether oxygens (including phenoxy) is 2. The SMILES string of the molecule is C.CC(C)(C)OC(=O)N1C2CCC(=O)CC1CC2.CC(C)(C)OC(=O)N1C2CCC1CN(c1ccc([N+](=O)[O-])nc1)C(=O)C2.O=[N+]([O-])c1ccc(Br)cn1. The molecule has 3 amide bonds. The molecule has 4 fully saturated rings. The van der Waals surface area contributed by atoms with E-state index in [-0.39, 0.29) is 67.4 Å². The molecule has 0 saturated carbocycles. The average molecular weight is 821 g/mol. The Kier molecular flexibility index (Phi) is 14.6. The monoisotopic (exact) mass is 819 g/mol. The van der Waals surface area contributed by atoms with Crippen molar-refractivity contribution in [3.8, 4) is 0 Å². The van der Waals surface area contributed by atoms with E-state index >= 15 is 0 Å². The first-order valence-electron chi connectivity index (χ1n) is 17.4. The number of aromatic nitrogens is 2. The van der Waals surface area contributed by atoms with Crippen LogP contribution in [0.4, 0.5) is 26.9 Å². The Balaban J connectivity index is 0.000000240. The van der Waals surface area contributed by atoms with Gasteiger partial charge >= 0.3 is 23.8 Å². The highest BCUT2D eigenvalue weighted by Gasteiger charge is 2.45. The Morgan fingerprint density at radius 1 is 0.741 bits per heavy atom. The Labute approximate surface area is 323 Å². The van der Waals surface area contributed by atoms with Crippen LogP contribution in [0.1, 0.15) is 100 Å². The minimum absolute atomic E-state index is 0. The summed E-state index contributed by atoms with van der Waals surface area (Å²) in [6.07, 6.45) is 7.69. The van der Waals surface area contributed by atoms with Gasteiger partial charge in [-0.2, -0.15) is 0 Å². The first-order chi connectivity index (χ1) is 24.7. The number of halogens is 1. The molecule has 6 rings (SSSR count). The average Bonchev–Trinajstić information content (AvgIpc) is 3.55. The number of carbonyl (C=O) groups is 4. The molecule has 296 valence electrons. The summed E-state index contributed by atoms with van der Waals surface area (Å²) in [5.74, 6) is -0.247. The van der Waals surface area contributed by atoms with Gasteiger partial charge in [-0.25, -0.2) is 9.59 Å². The summed E-state index contributed by atoms with van der Waals surface area (Å²) in [7, 11) is 0. The van der Waals surface area contributed by atoms with E-state index in [4.69, 9.17) is 9.47 Å². The summed E-state index contributed by atoms with van der Waals surface area (Å²) >= 11 is 3.11. The third-order valence-electron chi connectivity index (χ3n) is 8.90. The van der Waals surface area contributed by atoms with Crippen LogP contribution in [-0.4, -0.2) is 95.4 Å². The van der Waals surface area contributed by atoms with Gasteiger partial charge in [0.25, 0.3) is 0 Å². The Morgan fingerprint density at radius 3 is 1.70 bits per heavy atom. The van der Waals surface area contributed by atoms with E-state index in [0.717, 1.165) is 36.6 Å². The van der Waals surface area contributed by atoms with E-state index in [1.165, 1.54) is 30.6 Å². The summed E-state index contributed by atoms with van der Waals surface area (Å²) < 4.78 is 11.7. The fourth-order valence-corrected chi connectivity index (χ4v) is 6.93. The summed E-state index contributed by atoms with van der Waals surface area (Å²) in [6.45, 7) is 11.4. The van der Waals surface area contributed by atoms with Crippen molar-refractivity contribution in [3.05, 3.63) is 61.4 Å². The number of hydrogen-bond acceptors (Lipinski definition) is 12. The number of hydrogen-bond donors (Lipinski definition) is 0. The third kappa shape index (κ3) is 11.9. The number of pyridine rings is 2. The minimum Gasteiger partial charge on any atom is -0.444 e. The number of fused-ring (bicyclic) bond motifs is 4. The van der Waals surface area contributed by atoms with Crippen molar-refractivity contribution >= 4 is 57.1 Å². The van der Waals surface area contributed by atoms with Crippen LogP contribution in [0.25, 0.3) is 0 Å². The number of nitrogens with zero attached hydrogens (tertiary/aromatic N) is 7. The lowest BCUT2D eigenvalue weighted by Gasteiger charge is -2.31. The fraction of sp³-hybridized carbons (Fsp3) is 0.611. The van der Waals surface area contributed by atoms with E-state index in [1.54, 1.807) is 15.9 Å². The lowest BCUT2D eigenvalue weighted by molar-refractivity contribution is -0.389. The molecule has 0 spiro atoms. The number of ketones is 1. The fourth-order valence-electron chi connectivity index (χ4n) is 6.70. The van der Waals surface area contributed by atoms with Crippen LogP contribution >= 0.6 is 15.9 Å². The van der Waals surface area contributed by atoms with E-state index in [0.29, 0.717) is 25.1 Å². The maximum absolute atomic E-state index is 12.7. The molecule has 4 unspecified atom stereocenters. The van der Waals surface area contributed by atoms with Crippen molar-refractivity contribution in [1.29, 1.82) is 0 Å². The summed E-state index contributed by atoms with van der Waals surface area (Å²) in [6, 6.07) is 5.66. The smallest absolute Gasteiger partial charge is 0.410 e. The van der Waals surface area contributed by atoms with Gasteiger partial charge in [-0.05, 0) is 122 Å². The van der Waals surface area contributed by atoms with Crippen LogP contribution < -0.4 is 4.90 Å². The lowest BCUT2D eigenvalue weighted by Crippen LogP contribution is -2.45. The van der Waals surface area contributed by atoms with Crippen LogP contribution in [0.5, 0.6) is 0 Å². The van der Waals surface area contributed by atoms with Crippen LogP contribution in [0.15, 0.2) is 41.1 Å². The zero-order chi connectivity index (χ0) is 39.2. The molecule has 2 aromatic heterocycles. The highest BCUT2D eigenvalue weighted by atomic mass is 79.9. The molecule has 0 N–H and O–H groups in total. The third-order valence-corrected chi connectivity index (χ3v) is 9.37. The maximum atomic E-state index is 12.7. The van der Waals surface area contributed by atoms with Gasteiger partial charge in [-0.1, -0.05) is 7.43 Å². The topological polar surface area (TPSA) is 209 Å². The van der Waals surface area contributed by atoms with Crippen molar-refractivity contribution in [1.82, 2.24) is 19.8 Å². The van der Waals surface area contributed by atoms with Gasteiger partial charge in [0.15, 0.2) is 12.4 Å². The number of amides is 3. The van der Waals surface area contributed by atoms with Gasteiger partial charge in [0.2, 0.25) is 5.91 Å². The molecule has 4 aliphatic rings. The maximum Gasteiger partial charge on any atom is 0.410 e. The van der Waals surface area contributed by atoms with Gasteiger partial charge in [-0.15, -0.1) is 0 Å². The van der Waals surface area contributed by atoms with Crippen LogP contribution in [0.3, 0.4) is 0 Å². The van der Waals surface area contributed by atoms with Crippen molar-refractivity contribution in [2.24, 2.45) is 0 Å². The van der Waals surface area contributed by atoms with Crippen molar-refractivity contribution in [3.63, 3.8) is 0 Å². The zero-order valence-corrected chi connectivity index (χ0v) is 32.3. The lowest BCUT2D eigenvalue weighted by atomic mass is 10.0. The van der Waals surface area contributed by atoms with Gasteiger partial charge in [0, 0.05) is 56.1 Å². The predicted molar refractivity (Wildman–Crippen MR) is 202 cm³/mol. The van der Waals surface area contributed by atoms with Crippen LogP contribution in [0, 0.1) is 20.2 Å². The van der Waals surface area contributed by atoms with Crippen LogP contribution in [0.2, 0.25) is 0 Å². The van der Waals surface area contributed by atoms with E-state index in [2.05, 4.69) is 25.9 Å². The second-order valence-corrected chi connectivity index (χ2v) is 16.2. The van der Waals surface area contributed by atoms with Crippen molar-refractivity contribution in [2.75, 3.05) is 11.4 Å². The van der Waals surface area contributed by atoms with Gasteiger partial charge < -0.3 is 39.5 Å². The number of Topliss-reactive ketones (excluding diaryl/α,β-unsaturated/α-hetero) is 1. The second-order valence-electron chi connectivity index (χ2n) is 15.3. The standard InChI is InChI=1S/C17H22N4O5.C13H21NO3.C5H3BrN2O2.CH4/c1-17(2,3)26-16(23)20-11-4-5-13(20)10-19(15(22)8-11)12-6-7-14(18-9-12)21(24)25;1-13(2,3)17-12(16)14-9-4-5-10(14)8-11(15)7-6-9;6-4-1-2-5(7-3-4)8(9)10;/h6-7,9,11,13H,4-5,8,10H2,1-3H3;9-10H,4-8H2,1-3H3;1-3H;1H4.